The van der Waals surface area contributed by atoms with Crippen molar-refractivity contribution in [1.29, 1.82) is 0 Å². The summed E-state index contributed by atoms with van der Waals surface area (Å²) in [6.07, 6.45) is 0.598. The topological polar surface area (TPSA) is 45.2 Å². The first kappa shape index (κ1) is 13.9. The number of nitrogens with one attached hydrogen (secondary N) is 1. The second-order valence-corrected chi connectivity index (χ2v) is 7.05. The van der Waals surface area contributed by atoms with Crippen LogP contribution in [0.5, 0.6) is 0 Å². The number of hydrogen-bond donors (Lipinski definition) is 1. The van der Waals surface area contributed by atoms with E-state index in [1.807, 2.05) is 23.1 Å². The van der Waals surface area contributed by atoms with Gasteiger partial charge in [0.2, 0.25) is 5.91 Å². The Morgan fingerprint density at radius 2 is 2.15 bits per heavy atom. The van der Waals surface area contributed by atoms with Crippen molar-refractivity contribution >= 4 is 39.2 Å². The smallest absolute Gasteiger partial charge is 0.223 e. The molecule has 2 heterocycles. The van der Waals surface area contributed by atoms with Gasteiger partial charge < -0.3 is 10.2 Å². The molecule has 1 amide bonds. The van der Waals surface area contributed by atoms with Gasteiger partial charge in [-0.25, -0.2) is 4.98 Å². The fraction of sp³-hybridized carbons (Fsp3) is 0.429. The lowest BCUT2D eigenvalue weighted by Crippen LogP contribution is -2.46. The van der Waals surface area contributed by atoms with E-state index >= 15 is 0 Å². The Balaban J connectivity index is 1.50. The summed E-state index contributed by atoms with van der Waals surface area (Å²) < 4.78 is 2.27. The third-order valence-corrected chi connectivity index (χ3v) is 5.47. The molecule has 0 atom stereocenters. The lowest BCUT2D eigenvalue weighted by atomic mass is 10.3. The number of para-hydroxylation sites is 1. The minimum atomic E-state index is 0.264. The van der Waals surface area contributed by atoms with Crippen LogP contribution in [0.2, 0.25) is 0 Å². The van der Waals surface area contributed by atoms with E-state index in [9.17, 15) is 4.79 Å². The van der Waals surface area contributed by atoms with E-state index in [1.165, 1.54) is 4.70 Å². The molecule has 0 aliphatic carbocycles. The first-order valence-electron chi connectivity index (χ1n) is 6.80. The maximum absolute atomic E-state index is 12.0. The fourth-order valence-corrected chi connectivity index (χ4v) is 4.28. The lowest BCUT2D eigenvalue weighted by Gasteiger charge is -2.27. The molecule has 0 spiro atoms. The molecule has 1 aromatic carbocycles. The highest BCUT2D eigenvalue weighted by molar-refractivity contribution is 8.01. The van der Waals surface area contributed by atoms with Gasteiger partial charge in [0.15, 0.2) is 4.34 Å². The quantitative estimate of drug-likeness (QED) is 0.880. The number of amides is 1. The van der Waals surface area contributed by atoms with Crippen molar-refractivity contribution < 1.29 is 4.79 Å². The van der Waals surface area contributed by atoms with Gasteiger partial charge in [0, 0.05) is 38.4 Å². The molecule has 1 aliphatic heterocycles. The second-order valence-electron chi connectivity index (χ2n) is 4.68. The van der Waals surface area contributed by atoms with Crippen molar-refractivity contribution in [3.8, 4) is 0 Å². The maximum atomic E-state index is 12.0. The van der Waals surface area contributed by atoms with Crippen molar-refractivity contribution in [3.63, 3.8) is 0 Å². The highest BCUT2D eigenvalue weighted by Crippen LogP contribution is 2.29. The molecule has 1 fully saturated rings. The SMILES string of the molecule is O=C(CCSc1nc2ccccc2s1)N1CCNCC1. The Labute approximate surface area is 126 Å². The van der Waals surface area contributed by atoms with Gasteiger partial charge in [-0.2, -0.15) is 0 Å². The number of hydrogen-bond acceptors (Lipinski definition) is 5. The maximum Gasteiger partial charge on any atom is 0.223 e. The van der Waals surface area contributed by atoms with Crippen LogP contribution in [0, 0.1) is 0 Å². The predicted octanol–water partition coefficient (Wildman–Crippen LogP) is 2.21. The van der Waals surface area contributed by atoms with E-state index in [1.54, 1.807) is 23.1 Å². The number of piperazine rings is 1. The molecule has 1 N–H and O–H groups in total. The normalized spacial score (nSPS) is 15.7. The van der Waals surface area contributed by atoms with Gasteiger partial charge in [0.1, 0.15) is 0 Å². The van der Waals surface area contributed by atoms with E-state index < -0.39 is 0 Å². The van der Waals surface area contributed by atoms with Crippen molar-refractivity contribution in [1.82, 2.24) is 15.2 Å². The Bertz CT molecular complexity index is 560. The minimum Gasteiger partial charge on any atom is -0.340 e. The van der Waals surface area contributed by atoms with Crippen molar-refractivity contribution in [2.75, 3.05) is 31.9 Å². The molecule has 3 rings (SSSR count). The summed E-state index contributed by atoms with van der Waals surface area (Å²) in [6.45, 7) is 3.50. The zero-order chi connectivity index (χ0) is 13.8. The zero-order valence-corrected chi connectivity index (χ0v) is 12.8. The number of thioether (sulfide) groups is 1. The van der Waals surface area contributed by atoms with E-state index in [2.05, 4.69) is 16.4 Å². The van der Waals surface area contributed by atoms with E-state index in [0.717, 1.165) is 41.8 Å². The fourth-order valence-electron chi connectivity index (χ4n) is 2.21. The number of benzene rings is 1. The van der Waals surface area contributed by atoms with Crippen molar-refractivity contribution in [3.05, 3.63) is 24.3 Å². The Morgan fingerprint density at radius 3 is 2.95 bits per heavy atom. The standard InChI is InChI=1S/C14H17N3OS2/c18-13(17-8-6-15-7-9-17)5-10-19-14-16-11-3-1-2-4-12(11)20-14/h1-4,15H,5-10H2. The molecule has 6 heteroatoms. The summed E-state index contributed by atoms with van der Waals surface area (Å²) in [5.41, 5.74) is 1.05. The number of carbonyl (C=O) groups is 1. The van der Waals surface area contributed by atoms with Crippen LogP contribution in [-0.4, -0.2) is 47.7 Å². The summed E-state index contributed by atoms with van der Waals surface area (Å²) in [7, 11) is 0. The van der Waals surface area contributed by atoms with Crippen LogP contribution in [0.4, 0.5) is 0 Å². The second kappa shape index (κ2) is 6.56. The van der Waals surface area contributed by atoms with Gasteiger partial charge in [-0.1, -0.05) is 23.9 Å². The van der Waals surface area contributed by atoms with Crippen LogP contribution in [0.15, 0.2) is 28.6 Å². The van der Waals surface area contributed by atoms with Crippen LogP contribution in [0.25, 0.3) is 10.2 Å². The Kier molecular flexibility index (Phi) is 4.54. The van der Waals surface area contributed by atoms with Crippen molar-refractivity contribution in [2.45, 2.75) is 10.8 Å². The zero-order valence-electron chi connectivity index (χ0n) is 11.2. The number of aromatic nitrogens is 1. The number of fused-ring (bicyclic) bond motifs is 1. The van der Waals surface area contributed by atoms with Crippen LogP contribution in [0.1, 0.15) is 6.42 Å². The van der Waals surface area contributed by atoms with Crippen LogP contribution >= 0.6 is 23.1 Å². The molecule has 4 nitrogen and oxygen atoms in total. The molecule has 2 aromatic rings. The van der Waals surface area contributed by atoms with E-state index in [0.29, 0.717) is 6.42 Å². The molecule has 1 aliphatic rings. The van der Waals surface area contributed by atoms with E-state index in [-0.39, 0.29) is 5.91 Å². The largest absolute Gasteiger partial charge is 0.340 e. The third kappa shape index (κ3) is 3.31. The van der Waals surface area contributed by atoms with Gasteiger partial charge in [-0.05, 0) is 12.1 Å². The molecule has 1 saturated heterocycles. The van der Waals surface area contributed by atoms with Crippen LogP contribution in [0.3, 0.4) is 0 Å². The van der Waals surface area contributed by atoms with Crippen LogP contribution < -0.4 is 5.32 Å². The van der Waals surface area contributed by atoms with Crippen LogP contribution in [-0.2, 0) is 4.79 Å². The summed E-state index contributed by atoms with van der Waals surface area (Å²) in [6, 6.07) is 8.15. The highest BCUT2D eigenvalue weighted by Gasteiger charge is 2.15. The molecule has 20 heavy (non-hydrogen) atoms. The third-order valence-electron chi connectivity index (χ3n) is 3.29. The predicted molar refractivity (Wildman–Crippen MR) is 84.4 cm³/mol. The molecular weight excluding hydrogens is 290 g/mol. The molecule has 1 aromatic heterocycles. The molecule has 0 radical (unpaired) electrons. The summed E-state index contributed by atoms with van der Waals surface area (Å²) >= 11 is 3.38. The molecule has 106 valence electrons. The molecule has 0 saturated carbocycles. The number of thiazole rings is 1. The monoisotopic (exact) mass is 307 g/mol. The first-order valence-corrected chi connectivity index (χ1v) is 8.60. The van der Waals surface area contributed by atoms with Gasteiger partial charge in [0.25, 0.3) is 0 Å². The highest BCUT2D eigenvalue weighted by atomic mass is 32.2. The number of nitrogens with zero attached hydrogens (tertiary/aromatic N) is 2. The first-order chi connectivity index (χ1) is 9.83. The van der Waals surface area contributed by atoms with Gasteiger partial charge in [-0.3, -0.25) is 4.79 Å². The van der Waals surface area contributed by atoms with Gasteiger partial charge in [0.05, 0.1) is 10.2 Å². The Morgan fingerprint density at radius 1 is 1.35 bits per heavy atom. The molecule has 0 bridgehead atoms. The van der Waals surface area contributed by atoms with Gasteiger partial charge >= 0.3 is 0 Å². The Hall–Kier alpha value is -1.11. The summed E-state index contributed by atoms with van der Waals surface area (Å²) in [5.74, 6) is 1.07. The number of rotatable bonds is 4. The molecular formula is C14H17N3OS2. The summed E-state index contributed by atoms with van der Waals surface area (Å²) in [4.78, 5) is 18.6. The average molecular weight is 307 g/mol. The molecule has 0 unspecified atom stereocenters. The van der Waals surface area contributed by atoms with Gasteiger partial charge in [-0.15, -0.1) is 11.3 Å². The lowest BCUT2D eigenvalue weighted by molar-refractivity contribution is -0.131. The average Bonchev–Trinajstić information content (AvgIpc) is 2.90. The van der Waals surface area contributed by atoms with Crippen molar-refractivity contribution in [2.24, 2.45) is 0 Å². The summed E-state index contributed by atoms with van der Waals surface area (Å²) in [5, 5.41) is 3.26. The van der Waals surface area contributed by atoms with E-state index in [4.69, 9.17) is 0 Å². The number of carbonyl (C=O) groups excluding carboxylic acids is 1. The minimum absolute atomic E-state index is 0.264.